The van der Waals surface area contributed by atoms with Gasteiger partial charge in [0, 0.05) is 32.2 Å². The molecule has 0 aromatic heterocycles. The molecule has 17 heavy (non-hydrogen) atoms. The molecule has 2 heterocycles. The van der Waals surface area contributed by atoms with Gasteiger partial charge in [-0.3, -0.25) is 9.69 Å². The van der Waals surface area contributed by atoms with E-state index in [1.165, 1.54) is 6.42 Å². The second-order valence-electron chi connectivity index (χ2n) is 4.97. The number of nitrogens with two attached hydrogens (primary N) is 1. The molecule has 2 unspecified atom stereocenters. The lowest BCUT2D eigenvalue weighted by Crippen LogP contribution is -2.52. The van der Waals surface area contributed by atoms with Gasteiger partial charge in [-0.2, -0.15) is 0 Å². The number of amides is 1. The Labute approximate surface area is 103 Å². The van der Waals surface area contributed by atoms with Gasteiger partial charge >= 0.3 is 0 Å². The highest BCUT2D eigenvalue weighted by Gasteiger charge is 2.35. The molecular weight excluding hydrogens is 218 g/mol. The first kappa shape index (κ1) is 12.8. The summed E-state index contributed by atoms with van der Waals surface area (Å²) in [4.78, 5) is 16.6. The van der Waals surface area contributed by atoms with E-state index in [9.17, 15) is 4.79 Å². The Kier molecular flexibility index (Phi) is 4.36. The van der Waals surface area contributed by atoms with Crippen molar-refractivity contribution in [2.45, 2.75) is 19.4 Å². The maximum Gasteiger partial charge on any atom is 0.229 e. The van der Waals surface area contributed by atoms with Gasteiger partial charge in [0.1, 0.15) is 0 Å². The standard InChI is InChI=1S/C12H23N3O2/c1-2-3-14-4-6-15(7-5-14)12(16)10-8-17-9-11(10)13/h10-11H,2-9,13H2,1H3. The van der Waals surface area contributed by atoms with Crippen LogP contribution < -0.4 is 5.73 Å². The predicted octanol–water partition coefficient (Wildman–Crippen LogP) is -0.486. The fourth-order valence-corrected chi connectivity index (χ4v) is 2.57. The molecule has 0 aromatic carbocycles. The van der Waals surface area contributed by atoms with E-state index >= 15 is 0 Å². The third-order valence-electron chi connectivity index (χ3n) is 3.67. The van der Waals surface area contributed by atoms with Crippen LogP contribution in [0.3, 0.4) is 0 Å². The summed E-state index contributed by atoms with van der Waals surface area (Å²) in [7, 11) is 0. The zero-order chi connectivity index (χ0) is 12.3. The molecule has 2 N–H and O–H groups in total. The number of ether oxygens (including phenoxy) is 1. The molecule has 2 rings (SSSR count). The topological polar surface area (TPSA) is 58.8 Å². The van der Waals surface area contributed by atoms with Gasteiger partial charge in [-0.05, 0) is 13.0 Å². The molecule has 1 amide bonds. The summed E-state index contributed by atoms with van der Waals surface area (Å²) in [5, 5.41) is 0. The zero-order valence-corrected chi connectivity index (χ0v) is 10.6. The summed E-state index contributed by atoms with van der Waals surface area (Å²) < 4.78 is 5.26. The SMILES string of the molecule is CCCN1CCN(C(=O)C2COCC2N)CC1. The molecule has 5 nitrogen and oxygen atoms in total. The minimum Gasteiger partial charge on any atom is -0.379 e. The van der Waals surface area contributed by atoms with Crippen LogP contribution in [-0.2, 0) is 9.53 Å². The van der Waals surface area contributed by atoms with Crippen molar-refractivity contribution in [3.8, 4) is 0 Å². The third kappa shape index (κ3) is 2.97. The maximum absolute atomic E-state index is 12.2. The molecule has 0 spiro atoms. The van der Waals surface area contributed by atoms with Crippen LogP contribution in [-0.4, -0.2) is 67.7 Å². The molecule has 2 aliphatic rings. The minimum absolute atomic E-state index is 0.115. The Balaban J connectivity index is 1.82. The predicted molar refractivity (Wildman–Crippen MR) is 65.6 cm³/mol. The quantitative estimate of drug-likeness (QED) is 0.724. The van der Waals surface area contributed by atoms with Gasteiger partial charge in [-0.25, -0.2) is 0 Å². The van der Waals surface area contributed by atoms with E-state index in [1.54, 1.807) is 0 Å². The van der Waals surface area contributed by atoms with Crippen molar-refractivity contribution in [1.82, 2.24) is 9.80 Å². The Morgan fingerprint density at radius 1 is 1.29 bits per heavy atom. The summed E-state index contributed by atoms with van der Waals surface area (Å²) in [6.07, 6.45) is 1.18. The van der Waals surface area contributed by atoms with E-state index in [-0.39, 0.29) is 17.9 Å². The fraction of sp³-hybridized carbons (Fsp3) is 0.917. The van der Waals surface area contributed by atoms with Crippen LogP contribution in [0.4, 0.5) is 0 Å². The van der Waals surface area contributed by atoms with E-state index in [2.05, 4.69) is 11.8 Å². The highest BCUT2D eigenvalue weighted by molar-refractivity contribution is 5.80. The minimum atomic E-state index is -0.118. The zero-order valence-electron chi connectivity index (χ0n) is 10.6. The monoisotopic (exact) mass is 241 g/mol. The third-order valence-corrected chi connectivity index (χ3v) is 3.67. The van der Waals surface area contributed by atoms with Gasteiger partial charge in [-0.1, -0.05) is 6.92 Å². The lowest BCUT2D eigenvalue weighted by molar-refractivity contribution is -0.137. The smallest absolute Gasteiger partial charge is 0.229 e. The average Bonchev–Trinajstić information content (AvgIpc) is 2.76. The molecule has 5 heteroatoms. The molecule has 0 bridgehead atoms. The number of hydrogen-bond donors (Lipinski definition) is 1. The van der Waals surface area contributed by atoms with Gasteiger partial charge < -0.3 is 15.4 Å². The van der Waals surface area contributed by atoms with Crippen molar-refractivity contribution in [1.29, 1.82) is 0 Å². The summed E-state index contributed by atoms with van der Waals surface area (Å²) >= 11 is 0. The van der Waals surface area contributed by atoms with Crippen molar-refractivity contribution in [3.05, 3.63) is 0 Å². The highest BCUT2D eigenvalue weighted by Crippen LogP contribution is 2.16. The van der Waals surface area contributed by atoms with Crippen molar-refractivity contribution in [3.63, 3.8) is 0 Å². The summed E-state index contributed by atoms with van der Waals surface area (Å²) in [5.74, 6) is 0.0684. The Morgan fingerprint density at radius 2 is 2.00 bits per heavy atom. The van der Waals surface area contributed by atoms with Gasteiger partial charge in [0.2, 0.25) is 5.91 Å². The Morgan fingerprint density at radius 3 is 2.53 bits per heavy atom. The lowest BCUT2D eigenvalue weighted by Gasteiger charge is -2.36. The molecule has 2 atom stereocenters. The largest absolute Gasteiger partial charge is 0.379 e. The van der Waals surface area contributed by atoms with Crippen LogP contribution in [0, 0.1) is 5.92 Å². The molecule has 0 saturated carbocycles. The van der Waals surface area contributed by atoms with Crippen molar-refractivity contribution < 1.29 is 9.53 Å². The molecule has 2 saturated heterocycles. The van der Waals surface area contributed by atoms with Crippen LogP contribution in [0.15, 0.2) is 0 Å². The van der Waals surface area contributed by atoms with E-state index in [0.29, 0.717) is 13.2 Å². The molecular formula is C12H23N3O2. The van der Waals surface area contributed by atoms with Crippen LogP contribution >= 0.6 is 0 Å². The van der Waals surface area contributed by atoms with Crippen LogP contribution in [0.1, 0.15) is 13.3 Å². The molecule has 2 fully saturated rings. The summed E-state index contributed by atoms with van der Waals surface area (Å²) in [6, 6.07) is -0.115. The highest BCUT2D eigenvalue weighted by atomic mass is 16.5. The Bertz CT molecular complexity index is 264. The molecule has 98 valence electrons. The van der Waals surface area contributed by atoms with Gasteiger partial charge in [0.05, 0.1) is 19.1 Å². The number of carbonyl (C=O) groups is 1. The first-order chi connectivity index (χ1) is 8.22. The second-order valence-corrected chi connectivity index (χ2v) is 4.97. The average molecular weight is 241 g/mol. The summed E-state index contributed by atoms with van der Waals surface area (Å²) in [6.45, 7) is 7.98. The van der Waals surface area contributed by atoms with Crippen LogP contribution in [0.5, 0.6) is 0 Å². The van der Waals surface area contributed by atoms with Gasteiger partial charge in [0.15, 0.2) is 0 Å². The van der Waals surface area contributed by atoms with Crippen molar-refractivity contribution in [2.24, 2.45) is 11.7 Å². The number of nitrogens with zero attached hydrogens (tertiary/aromatic N) is 2. The molecule has 2 aliphatic heterocycles. The first-order valence-electron chi connectivity index (χ1n) is 6.57. The molecule has 0 aromatic rings. The summed E-state index contributed by atoms with van der Waals surface area (Å²) in [5.41, 5.74) is 5.88. The fourth-order valence-electron chi connectivity index (χ4n) is 2.57. The number of piperazine rings is 1. The van der Waals surface area contributed by atoms with E-state index in [4.69, 9.17) is 10.5 Å². The van der Waals surface area contributed by atoms with Crippen molar-refractivity contribution >= 4 is 5.91 Å². The number of hydrogen-bond acceptors (Lipinski definition) is 4. The lowest BCUT2D eigenvalue weighted by atomic mass is 10.0. The second kappa shape index (κ2) is 5.80. The Hall–Kier alpha value is -0.650. The van der Waals surface area contributed by atoms with Gasteiger partial charge in [0.25, 0.3) is 0 Å². The molecule has 0 radical (unpaired) electrons. The van der Waals surface area contributed by atoms with E-state index < -0.39 is 0 Å². The van der Waals surface area contributed by atoms with E-state index in [0.717, 1.165) is 32.7 Å². The normalized spacial score (nSPS) is 30.8. The number of rotatable bonds is 3. The first-order valence-corrected chi connectivity index (χ1v) is 6.57. The van der Waals surface area contributed by atoms with Gasteiger partial charge in [-0.15, -0.1) is 0 Å². The van der Waals surface area contributed by atoms with Crippen LogP contribution in [0.25, 0.3) is 0 Å². The number of carbonyl (C=O) groups excluding carboxylic acids is 1. The molecule has 0 aliphatic carbocycles. The van der Waals surface area contributed by atoms with E-state index in [1.807, 2.05) is 4.90 Å². The maximum atomic E-state index is 12.2. The van der Waals surface area contributed by atoms with Crippen LogP contribution in [0.2, 0.25) is 0 Å². The van der Waals surface area contributed by atoms with Crippen molar-refractivity contribution in [2.75, 3.05) is 45.9 Å².